The van der Waals surface area contributed by atoms with Gasteiger partial charge in [-0.15, -0.1) is 0 Å². The minimum atomic E-state index is 0.175. The Morgan fingerprint density at radius 3 is 2.53 bits per heavy atom. The molecule has 0 aliphatic carbocycles. The standard InChI is InChI=1S/C12H18ClNO/c1-8(2)6-9(3)15-12-5-4-10(13)7-11(12)14/h4-5,7-9H,6,14H2,1-3H3. The summed E-state index contributed by atoms with van der Waals surface area (Å²) in [4.78, 5) is 0. The Morgan fingerprint density at radius 1 is 1.33 bits per heavy atom. The number of anilines is 1. The van der Waals surface area contributed by atoms with E-state index in [-0.39, 0.29) is 6.10 Å². The molecule has 0 aromatic heterocycles. The number of hydrogen-bond donors (Lipinski definition) is 1. The van der Waals surface area contributed by atoms with Gasteiger partial charge in [-0.25, -0.2) is 0 Å². The molecule has 2 N–H and O–H groups in total. The summed E-state index contributed by atoms with van der Waals surface area (Å²) in [5, 5.41) is 0.636. The van der Waals surface area contributed by atoms with Gasteiger partial charge in [0.15, 0.2) is 0 Å². The van der Waals surface area contributed by atoms with Crippen molar-refractivity contribution in [2.75, 3.05) is 5.73 Å². The summed E-state index contributed by atoms with van der Waals surface area (Å²) in [5.41, 5.74) is 6.39. The lowest BCUT2D eigenvalue weighted by Crippen LogP contribution is -2.15. The Bertz CT molecular complexity index is 325. The molecule has 0 fully saturated rings. The van der Waals surface area contributed by atoms with Gasteiger partial charge in [-0.1, -0.05) is 25.4 Å². The molecular weight excluding hydrogens is 210 g/mol. The van der Waals surface area contributed by atoms with E-state index < -0.39 is 0 Å². The van der Waals surface area contributed by atoms with E-state index in [4.69, 9.17) is 22.1 Å². The van der Waals surface area contributed by atoms with Crippen LogP contribution in [-0.4, -0.2) is 6.10 Å². The Labute approximate surface area is 96.4 Å². The number of halogens is 1. The van der Waals surface area contributed by atoms with Gasteiger partial charge in [0.1, 0.15) is 5.75 Å². The summed E-state index contributed by atoms with van der Waals surface area (Å²) in [7, 11) is 0. The van der Waals surface area contributed by atoms with E-state index in [1.165, 1.54) is 0 Å². The number of rotatable bonds is 4. The minimum Gasteiger partial charge on any atom is -0.489 e. The molecule has 1 atom stereocenters. The summed E-state index contributed by atoms with van der Waals surface area (Å²) in [6, 6.07) is 5.31. The van der Waals surface area contributed by atoms with Crippen molar-refractivity contribution < 1.29 is 4.74 Å². The molecule has 2 nitrogen and oxygen atoms in total. The first-order valence-corrected chi connectivity index (χ1v) is 5.58. The molecule has 15 heavy (non-hydrogen) atoms. The molecule has 0 radical (unpaired) electrons. The van der Waals surface area contributed by atoms with Gasteiger partial charge in [0, 0.05) is 5.02 Å². The van der Waals surface area contributed by atoms with E-state index in [2.05, 4.69) is 13.8 Å². The normalized spacial score (nSPS) is 12.9. The van der Waals surface area contributed by atoms with Crippen molar-refractivity contribution in [3.63, 3.8) is 0 Å². The third-order valence-corrected chi connectivity index (χ3v) is 2.34. The van der Waals surface area contributed by atoms with Crippen LogP contribution in [0.3, 0.4) is 0 Å². The smallest absolute Gasteiger partial charge is 0.142 e. The zero-order valence-corrected chi connectivity index (χ0v) is 10.2. The Hall–Kier alpha value is -0.890. The summed E-state index contributed by atoms with van der Waals surface area (Å²) < 4.78 is 5.73. The zero-order chi connectivity index (χ0) is 11.4. The summed E-state index contributed by atoms with van der Waals surface area (Å²) in [5.74, 6) is 1.33. The van der Waals surface area contributed by atoms with Crippen molar-refractivity contribution in [2.24, 2.45) is 5.92 Å². The number of ether oxygens (including phenoxy) is 1. The third-order valence-electron chi connectivity index (χ3n) is 2.10. The van der Waals surface area contributed by atoms with E-state index in [1.54, 1.807) is 12.1 Å². The molecule has 0 saturated carbocycles. The lowest BCUT2D eigenvalue weighted by Gasteiger charge is -2.17. The van der Waals surface area contributed by atoms with E-state index >= 15 is 0 Å². The molecule has 1 aromatic rings. The van der Waals surface area contributed by atoms with Crippen LogP contribution in [0.4, 0.5) is 5.69 Å². The minimum absolute atomic E-state index is 0.175. The van der Waals surface area contributed by atoms with Crippen LogP contribution in [0.5, 0.6) is 5.75 Å². The van der Waals surface area contributed by atoms with E-state index in [0.29, 0.717) is 22.4 Å². The molecule has 1 unspecified atom stereocenters. The predicted octanol–water partition coefficient (Wildman–Crippen LogP) is 3.74. The monoisotopic (exact) mass is 227 g/mol. The molecule has 0 aliphatic rings. The molecule has 1 rings (SSSR count). The lowest BCUT2D eigenvalue weighted by molar-refractivity contribution is 0.194. The molecule has 0 spiro atoms. The highest BCUT2D eigenvalue weighted by Gasteiger charge is 2.08. The fraction of sp³-hybridized carbons (Fsp3) is 0.500. The molecule has 0 bridgehead atoms. The molecule has 0 heterocycles. The van der Waals surface area contributed by atoms with Crippen molar-refractivity contribution in [1.82, 2.24) is 0 Å². The topological polar surface area (TPSA) is 35.2 Å². The van der Waals surface area contributed by atoms with Gasteiger partial charge in [-0.2, -0.15) is 0 Å². The number of benzene rings is 1. The van der Waals surface area contributed by atoms with Crippen molar-refractivity contribution in [1.29, 1.82) is 0 Å². The largest absolute Gasteiger partial charge is 0.489 e. The van der Waals surface area contributed by atoms with Crippen LogP contribution in [0.2, 0.25) is 5.02 Å². The van der Waals surface area contributed by atoms with Crippen molar-refractivity contribution in [3.8, 4) is 5.75 Å². The first-order valence-electron chi connectivity index (χ1n) is 5.20. The maximum atomic E-state index is 5.80. The van der Waals surface area contributed by atoms with Crippen molar-refractivity contribution >= 4 is 17.3 Å². The molecule has 0 aliphatic heterocycles. The fourth-order valence-corrected chi connectivity index (χ4v) is 1.74. The highest BCUT2D eigenvalue weighted by molar-refractivity contribution is 6.30. The number of nitrogen functional groups attached to an aromatic ring is 1. The van der Waals surface area contributed by atoms with Gasteiger partial charge in [0.2, 0.25) is 0 Å². The molecule has 84 valence electrons. The van der Waals surface area contributed by atoms with Crippen LogP contribution in [0.15, 0.2) is 18.2 Å². The van der Waals surface area contributed by atoms with Gasteiger partial charge in [0.05, 0.1) is 11.8 Å². The second kappa shape index (κ2) is 5.26. The molecule has 0 saturated heterocycles. The molecule has 1 aromatic carbocycles. The molecule has 0 amide bonds. The number of nitrogens with two attached hydrogens (primary N) is 1. The Morgan fingerprint density at radius 2 is 2.00 bits per heavy atom. The van der Waals surface area contributed by atoms with Crippen molar-refractivity contribution in [2.45, 2.75) is 33.3 Å². The van der Waals surface area contributed by atoms with Crippen LogP contribution in [-0.2, 0) is 0 Å². The third kappa shape index (κ3) is 4.00. The van der Waals surface area contributed by atoms with Gasteiger partial charge in [-0.3, -0.25) is 0 Å². The zero-order valence-electron chi connectivity index (χ0n) is 9.46. The maximum Gasteiger partial charge on any atom is 0.142 e. The van der Waals surface area contributed by atoms with Crippen LogP contribution < -0.4 is 10.5 Å². The van der Waals surface area contributed by atoms with Crippen LogP contribution in [0.1, 0.15) is 27.2 Å². The van der Waals surface area contributed by atoms with Crippen LogP contribution >= 0.6 is 11.6 Å². The van der Waals surface area contributed by atoms with Gasteiger partial charge < -0.3 is 10.5 Å². The Kier molecular flexibility index (Phi) is 4.28. The van der Waals surface area contributed by atoms with Crippen molar-refractivity contribution in [3.05, 3.63) is 23.2 Å². The summed E-state index contributed by atoms with van der Waals surface area (Å²) in [6.07, 6.45) is 1.19. The summed E-state index contributed by atoms with van der Waals surface area (Å²) in [6.45, 7) is 6.39. The Balaban J connectivity index is 2.64. The second-order valence-electron chi connectivity index (χ2n) is 4.24. The SMILES string of the molecule is CC(C)CC(C)Oc1ccc(Cl)cc1N. The van der Waals surface area contributed by atoms with Crippen LogP contribution in [0.25, 0.3) is 0 Å². The molecular formula is C12H18ClNO. The second-order valence-corrected chi connectivity index (χ2v) is 4.68. The highest BCUT2D eigenvalue weighted by Crippen LogP contribution is 2.26. The summed E-state index contributed by atoms with van der Waals surface area (Å²) >= 11 is 5.80. The average molecular weight is 228 g/mol. The fourth-order valence-electron chi connectivity index (χ4n) is 1.56. The highest BCUT2D eigenvalue weighted by atomic mass is 35.5. The average Bonchev–Trinajstić information content (AvgIpc) is 2.08. The van der Waals surface area contributed by atoms with Gasteiger partial charge >= 0.3 is 0 Å². The maximum absolute atomic E-state index is 5.80. The van der Waals surface area contributed by atoms with E-state index in [9.17, 15) is 0 Å². The van der Waals surface area contributed by atoms with Crippen LogP contribution in [0, 0.1) is 5.92 Å². The van der Waals surface area contributed by atoms with E-state index in [1.807, 2.05) is 13.0 Å². The van der Waals surface area contributed by atoms with E-state index in [0.717, 1.165) is 6.42 Å². The predicted molar refractivity (Wildman–Crippen MR) is 65.4 cm³/mol. The first kappa shape index (κ1) is 12.2. The quantitative estimate of drug-likeness (QED) is 0.796. The van der Waals surface area contributed by atoms with Gasteiger partial charge in [-0.05, 0) is 37.5 Å². The lowest BCUT2D eigenvalue weighted by atomic mass is 10.1. The number of hydrogen-bond acceptors (Lipinski definition) is 2. The molecule has 3 heteroatoms. The van der Waals surface area contributed by atoms with Gasteiger partial charge in [0.25, 0.3) is 0 Å². The first-order chi connectivity index (χ1) is 6.99.